The van der Waals surface area contributed by atoms with Crippen molar-refractivity contribution >= 4 is 27.5 Å². The lowest BCUT2D eigenvalue weighted by Gasteiger charge is -2.18. The summed E-state index contributed by atoms with van der Waals surface area (Å²) in [6.07, 6.45) is -1.13. The van der Waals surface area contributed by atoms with Gasteiger partial charge in [0, 0.05) is 11.1 Å². The zero-order chi connectivity index (χ0) is 15.6. The van der Waals surface area contributed by atoms with Gasteiger partial charge in [0.2, 0.25) is 0 Å². The number of benzene rings is 2. The van der Waals surface area contributed by atoms with Gasteiger partial charge in [0.1, 0.15) is 23.4 Å². The van der Waals surface area contributed by atoms with Crippen molar-refractivity contribution in [3.63, 3.8) is 0 Å². The highest BCUT2D eigenvalue weighted by Crippen LogP contribution is 2.39. The quantitative estimate of drug-likeness (QED) is 0.864. The summed E-state index contributed by atoms with van der Waals surface area (Å²) in [4.78, 5) is 0. The van der Waals surface area contributed by atoms with Gasteiger partial charge < -0.3 is 14.6 Å². The maximum Gasteiger partial charge on any atom is 0.142 e. The summed E-state index contributed by atoms with van der Waals surface area (Å²) in [7, 11) is 3.00. The summed E-state index contributed by atoms with van der Waals surface area (Å²) in [6.45, 7) is 0. The molecule has 0 fully saturated rings. The van der Waals surface area contributed by atoms with Gasteiger partial charge >= 0.3 is 0 Å². The second-order valence-corrected chi connectivity index (χ2v) is 5.51. The molecule has 1 atom stereocenters. The fraction of sp³-hybridized carbons (Fsp3) is 0.200. The number of hydrogen-bond donors (Lipinski definition) is 1. The second-order valence-electron chi connectivity index (χ2n) is 4.27. The van der Waals surface area contributed by atoms with Crippen molar-refractivity contribution in [2.24, 2.45) is 0 Å². The zero-order valence-electron chi connectivity index (χ0n) is 11.4. The largest absolute Gasteiger partial charge is 0.496 e. The highest BCUT2D eigenvalue weighted by atomic mass is 79.9. The molecule has 0 spiro atoms. The molecule has 112 valence electrons. The topological polar surface area (TPSA) is 38.7 Å². The van der Waals surface area contributed by atoms with Crippen LogP contribution in [0.1, 0.15) is 17.2 Å². The highest BCUT2D eigenvalue weighted by molar-refractivity contribution is 9.10. The first-order valence-electron chi connectivity index (χ1n) is 6.03. The molecule has 21 heavy (non-hydrogen) atoms. The second kappa shape index (κ2) is 6.64. The monoisotopic (exact) mass is 374 g/mol. The minimum absolute atomic E-state index is 0.117. The Balaban J connectivity index is 2.56. The predicted octanol–water partition coefficient (Wildman–Crippen LogP) is 4.34. The number of halogens is 3. The minimum atomic E-state index is -1.13. The van der Waals surface area contributed by atoms with Crippen LogP contribution in [0.4, 0.5) is 4.39 Å². The molecular weight excluding hydrogens is 363 g/mol. The molecule has 0 saturated heterocycles. The van der Waals surface area contributed by atoms with Crippen molar-refractivity contribution in [1.29, 1.82) is 0 Å². The van der Waals surface area contributed by atoms with Crippen LogP contribution in [0.2, 0.25) is 5.02 Å². The molecule has 0 aliphatic rings. The first-order chi connectivity index (χ1) is 9.99. The third-order valence-corrected chi connectivity index (χ3v) is 4.09. The summed E-state index contributed by atoms with van der Waals surface area (Å²) < 4.78 is 24.7. The van der Waals surface area contributed by atoms with Crippen molar-refractivity contribution in [1.82, 2.24) is 0 Å². The normalized spacial score (nSPS) is 12.1. The van der Waals surface area contributed by atoms with Gasteiger partial charge in [0.05, 0.1) is 23.7 Å². The Morgan fingerprint density at radius 3 is 2.43 bits per heavy atom. The standard InChI is InChI=1S/C15H13BrClFO3/c1-20-12-7-10(16)13(21-2)6-9(12)15(19)8-4-3-5-11(18)14(8)17/h3-7,15,19H,1-2H3. The van der Waals surface area contributed by atoms with Gasteiger partial charge in [-0.2, -0.15) is 0 Å². The van der Waals surface area contributed by atoms with Crippen LogP contribution in [0.5, 0.6) is 11.5 Å². The van der Waals surface area contributed by atoms with Crippen molar-refractivity contribution in [3.05, 3.63) is 56.8 Å². The molecule has 0 radical (unpaired) electrons. The molecule has 2 aromatic rings. The van der Waals surface area contributed by atoms with E-state index in [2.05, 4.69) is 15.9 Å². The Morgan fingerprint density at radius 2 is 1.81 bits per heavy atom. The Kier molecular flexibility index (Phi) is 5.08. The van der Waals surface area contributed by atoms with Crippen LogP contribution in [-0.2, 0) is 0 Å². The van der Waals surface area contributed by atoms with Crippen LogP contribution in [-0.4, -0.2) is 19.3 Å². The fourth-order valence-corrected chi connectivity index (χ4v) is 2.71. The van der Waals surface area contributed by atoms with E-state index in [4.69, 9.17) is 21.1 Å². The Hall–Kier alpha value is -1.30. The van der Waals surface area contributed by atoms with E-state index in [-0.39, 0.29) is 10.6 Å². The van der Waals surface area contributed by atoms with Crippen LogP contribution >= 0.6 is 27.5 Å². The number of aliphatic hydroxyl groups is 1. The summed E-state index contributed by atoms with van der Waals surface area (Å²) >= 11 is 9.26. The molecule has 0 aliphatic carbocycles. The minimum Gasteiger partial charge on any atom is -0.496 e. The average molecular weight is 376 g/mol. The lowest BCUT2D eigenvalue weighted by atomic mass is 10.00. The molecule has 0 aliphatic heterocycles. The highest BCUT2D eigenvalue weighted by Gasteiger charge is 2.21. The van der Waals surface area contributed by atoms with Gasteiger partial charge in [-0.1, -0.05) is 23.7 Å². The molecule has 2 rings (SSSR count). The number of ether oxygens (including phenoxy) is 2. The van der Waals surface area contributed by atoms with Gasteiger partial charge in [-0.3, -0.25) is 0 Å². The van der Waals surface area contributed by atoms with E-state index < -0.39 is 11.9 Å². The molecule has 3 nitrogen and oxygen atoms in total. The molecule has 0 aromatic heterocycles. The van der Waals surface area contributed by atoms with Crippen LogP contribution in [0.15, 0.2) is 34.8 Å². The summed E-state index contributed by atoms with van der Waals surface area (Å²) in [5, 5.41) is 10.4. The SMILES string of the molecule is COc1cc(C(O)c2cccc(F)c2Cl)c(OC)cc1Br. The molecule has 1 N–H and O–H groups in total. The van der Waals surface area contributed by atoms with E-state index >= 15 is 0 Å². The van der Waals surface area contributed by atoms with E-state index in [0.29, 0.717) is 21.5 Å². The molecule has 2 aromatic carbocycles. The van der Waals surface area contributed by atoms with Crippen LogP contribution in [0, 0.1) is 5.82 Å². The van der Waals surface area contributed by atoms with E-state index in [9.17, 15) is 9.50 Å². The number of aliphatic hydroxyl groups excluding tert-OH is 1. The summed E-state index contributed by atoms with van der Waals surface area (Å²) in [5.41, 5.74) is 0.699. The van der Waals surface area contributed by atoms with Gasteiger partial charge in [0.15, 0.2) is 0 Å². The molecule has 6 heteroatoms. The third-order valence-electron chi connectivity index (χ3n) is 3.07. The van der Waals surface area contributed by atoms with Gasteiger partial charge in [0.25, 0.3) is 0 Å². The molecule has 1 unspecified atom stereocenters. The summed E-state index contributed by atoms with van der Waals surface area (Å²) in [5.74, 6) is 0.379. The Labute approximate surface area is 135 Å². The fourth-order valence-electron chi connectivity index (χ4n) is 2.00. The van der Waals surface area contributed by atoms with E-state index in [1.165, 1.54) is 26.4 Å². The molecular formula is C15H13BrClFO3. The van der Waals surface area contributed by atoms with E-state index in [0.717, 1.165) is 0 Å². The van der Waals surface area contributed by atoms with Gasteiger partial charge in [-0.05, 0) is 34.1 Å². The van der Waals surface area contributed by atoms with E-state index in [1.807, 2.05) is 0 Å². The lowest BCUT2D eigenvalue weighted by molar-refractivity contribution is 0.213. The Morgan fingerprint density at radius 1 is 1.14 bits per heavy atom. The molecule has 0 bridgehead atoms. The van der Waals surface area contributed by atoms with Crippen LogP contribution in [0.25, 0.3) is 0 Å². The number of methoxy groups -OCH3 is 2. The first-order valence-corrected chi connectivity index (χ1v) is 7.20. The third kappa shape index (κ3) is 3.15. The van der Waals surface area contributed by atoms with Crippen molar-refractivity contribution < 1.29 is 19.0 Å². The van der Waals surface area contributed by atoms with Crippen LogP contribution < -0.4 is 9.47 Å². The smallest absolute Gasteiger partial charge is 0.142 e. The average Bonchev–Trinajstić information content (AvgIpc) is 2.49. The van der Waals surface area contributed by atoms with E-state index in [1.54, 1.807) is 18.2 Å². The number of hydrogen-bond acceptors (Lipinski definition) is 3. The van der Waals surface area contributed by atoms with Crippen LogP contribution in [0.3, 0.4) is 0 Å². The van der Waals surface area contributed by atoms with Crippen molar-refractivity contribution in [3.8, 4) is 11.5 Å². The number of rotatable bonds is 4. The predicted molar refractivity (Wildman–Crippen MR) is 82.7 cm³/mol. The maximum atomic E-state index is 13.5. The zero-order valence-corrected chi connectivity index (χ0v) is 13.7. The Bertz CT molecular complexity index is 664. The van der Waals surface area contributed by atoms with Crippen molar-refractivity contribution in [2.45, 2.75) is 6.10 Å². The first kappa shape index (κ1) is 16.1. The maximum absolute atomic E-state index is 13.5. The molecule has 0 heterocycles. The molecule has 0 saturated carbocycles. The van der Waals surface area contributed by atoms with Gasteiger partial charge in [-0.25, -0.2) is 4.39 Å². The van der Waals surface area contributed by atoms with Gasteiger partial charge in [-0.15, -0.1) is 0 Å². The lowest BCUT2D eigenvalue weighted by Crippen LogP contribution is -2.05. The molecule has 0 amide bonds. The van der Waals surface area contributed by atoms with Crippen molar-refractivity contribution in [2.75, 3.05) is 14.2 Å². The summed E-state index contributed by atoms with van der Waals surface area (Å²) in [6, 6.07) is 7.57.